The summed E-state index contributed by atoms with van der Waals surface area (Å²) in [6.45, 7) is 7.28. The van der Waals surface area contributed by atoms with Gasteiger partial charge in [-0.2, -0.15) is 0 Å². The van der Waals surface area contributed by atoms with Crippen molar-refractivity contribution in [3.63, 3.8) is 0 Å². The molecule has 1 fully saturated rings. The van der Waals surface area contributed by atoms with E-state index in [0.29, 0.717) is 5.41 Å². The van der Waals surface area contributed by atoms with Gasteiger partial charge in [0.05, 0.1) is 0 Å². The minimum absolute atomic E-state index is 0.652. The van der Waals surface area contributed by atoms with Gasteiger partial charge >= 0.3 is 0 Å². The molecule has 2 aliphatic rings. The predicted octanol–water partition coefficient (Wildman–Crippen LogP) is 3.78. The van der Waals surface area contributed by atoms with Crippen LogP contribution in [0.4, 0.5) is 0 Å². The SMILES string of the molecule is CC1=CCCC2(C)C(C)CCC12. The maximum atomic E-state index is 2.51. The molecule has 2 aliphatic carbocycles. The van der Waals surface area contributed by atoms with Crippen molar-refractivity contribution in [3.05, 3.63) is 11.6 Å². The summed E-state index contributed by atoms with van der Waals surface area (Å²) in [5, 5.41) is 0. The fourth-order valence-electron chi connectivity index (χ4n) is 3.34. The molecule has 0 aliphatic heterocycles. The Morgan fingerprint density at radius 2 is 2.17 bits per heavy atom. The number of fused-ring (bicyclic) bond motifs is 1. The molecule has 0 radical (unpaired) electrons. The lowest BCUT2D eigenvalue weighted by molar-refractivity contribution is 0.166. The van der Waals surface area contributed by atoms with Gasteiger partial charge in [-0.15, -0.1) is 0 Å². The second-order valence-corrected chi connectivity index (χ2v) is 5.02. The molecule has 3 unspecified atom stereocenters. The molecule has 1 saturated carbocycles. The van der Waals surface area contributed by atoms with Crippen molar-refractivity contribution in [2.75, 3.05) is 0 Å². The number of hydrogen-bond acceptors (Lipinski definition) is 0. The quantitative estimate of drug-likeness (QED) is 0.478. The molecular formula is C12H20. The minimum Gasteiger partial charge on any atom is -0.0853 e. The average molecular weight is 164 g/mol. The van der Waals surface area contributed by atoms with Crippen molar-refractivity contribution in [3.8, 4) is 0 Å². The van der Waals surface area contributed by atoms with E-state index in [9.17, 15) is 0 Å². The van der Waals surface area contributed by atoms with E-state index in [1.807, 2.05) is 0 Å². The molecule has 0 heterocycles. The molecule has 0 bridgehead atoms. The van der Waals surface area contributed by atoms with E-state index >= 15 is 0 Å². The Balaban J connectivity index is 2.31. The van der Waals surface area contributed by atoms with Crippen molar-refractivity contribution in [1.82, 2.24) is 0 Å². The highest BCUT2D eigenvalue weighted by molar-refractivity contribution is 5.16. The van der Waals surface area contributed by atoms with E-state index in [0.717, 1.165) is 11.8 Å². The van der Waals surface area contributed by atoms with Gasteiger partial charge in [-0.25, -0.2) is 0 Å². The van der Waals surface area contributed by atoms with E-state index in [2.05, 4.69) is 26.8 Å². The van der Waals surface area contributed by atoms with Crippen molar-refractivity contribution >= 4 is 0 Å². The van der Waals surface area contributed by atoms with Gasteiger partial charge < -0.3 is 0 Å². The first-order chi connectivity index (χ1) is 5.64. The van der Waals surface area contributed by atoms with Crippen LogP contribution in [0.25, 0.3) is 0 Å². The topological polar surface area (TPSA) is 0 Å². The zero-order chi connectivity index (χ0) is 8.77. The maximum Gasteiger partial charge on any atom is -0.0149 e. The van der Waals surface area contributed by atoms with Crippen LogP contribution in [0.1, 0.15) is 46.5 Å². The van der Waals surface area contributed by atoms with Crippen LogP contribution in [-0.4, -0.2) is 0 Å². The minimum atomic E-state index is 0.652. The van der Waals surface area contributed by atoms with Crippen LogP contribution in [0.3, 0.4) is 0 Å². The Hall–Kier alpha value is -0.260. The summed E-state index contributed by atoms with van der Waals surface area (Å²) in [7, 11) is 0. The van der Waals surface area contributed by atoms with E-state index in [4.69, 9.17) is 0 Å². The molecule has 12 heavy (non-hydrogen) atoms. The smallest absolute Gasteiger partial charge is 0.0149 e. The van der Waals surface area contributed by atoms with Crippen LogP contribution in [0.15, 0.2) is 11.6 Å². The molecule has 0 spiro atoms. The first-order valence-electron chi connectivity index (χ1n) is 5.31. The van der Waals surface area contributed by atoms with Gasteiger partial charge in [0.15, 0.2) is 0 Å². The van der Waals surface area contributed by atoms with Crippen molar-refractivity contribution in [2.24, 2.45) is 17.3 Å². The van der Waals surface area contributed by atoms with Crippen molar-refractivity contribution in [1.29, 1.82) is 0 Å². The maximum absolute atomic E-state index is 2.51. The summed E-state index contributed by atoms with van der Waals surface area (Å²) in [6, 6.07) is 0. The lowest BCUT2D eigenvalue weighted by Crippen LogP contribution is -2.30. The van der Waals surface area contributed by atoms with Crippen LogP contribution in [0.5, 0.6) is 0 Å². The summed E-state index contributed by atoms with van der Waals surface area (Å²) >= 11 is 0. The summed E-state index contributed by atoms with van der Waals surface area (Å²) < 4.78 is 0. The molecule has 0 nitrogen and oxygen atoms in total. The number of allylic oxidation sites excluding steroid dienone is 2. The highest BCUT2D eigenvalue weighted by Gasteiger charge is 2.45. The van der Waals surface area contributed by atoms with Gasteiger partial charge in [-0.3, -0.25) is 0 Å². The monoisotopic (exact) mass is 164 g/mol. The molecule has 2 rings (SSSR count). The second-order valence-electron chi connectivity index (χ2n) is 5.02. The normalized spacial score (nSPS) is 47.1. The number of rotatable bonds is 0. The lowest BCUT2D eigenvalue weighted by Gasteiger charge is -2.39. The molecule has 0 heteroatoms. The fraction of sp³-hybridized carbons (Fsp3) is 0.833. The largest absolute Gasteiger partial charge is 0.0853 e. The van der Waals surface area contributed by atoms with E-state index in [-0.39, 0.29) is 0 Å². The van der Waals surface area contributed by atoms with Crippen molar-refractivity contribution in [2.45, 2.75) is 46.5 Å². The fourth-order valence-corrected chi connectivity index (χ4v) is 3.34. The molecule has 0 aromatic rings. The van der Waals surface area contributed by atoms with Crippen LogP contribution >= 0.6 is 0 Å². The first-order valence-corrected chi connectivity index (χ1v) is 5.31. The lowest BCUT2D eigenvalue weighted by atomic mass is 9.66. The third-order valence-corrected chi connectivity index (χ3v) is 4.51. The molecule has 3 atom stereocenters. The zero-order valence-corrected chi connectivity index (χ0v) is 8.56. The summed E-state index contributed by atoms with van der Waals surface area (Å²) in [4.78, 5) is 0. The molecule has 0 N–H and O–H groups in total. The van der Waals surface area contributed by atoms with Gasteiger partial charge in [0.25, 0.3) is 0 Å². The molecule has 68 valence electrons. The molecule has 0 aromatic heterocycles. The Labute approximate surface area is 76.1 Å². The summed E-state index contributed by atoms with van der Waals surface area (Å²) in [5.74, 6) is 1.87. The van der Waals surface area contributed by atoms with Gasteiger partial charge in [-0.1, -0.05) is 25.5 Å². The highest BCUT2D eigenvalue weighted by Crippen LogP contribution is 2.55. The van der Waals surface area contributed by atoms with Gasteiger partial charge in [0.2, 0.25) is 0 Å². The van der Waals surface area contributed by atoms with E-state index in [1.165, 1.54) is 25.7 Å². The zero-order valence-electron chi connectivity index (χ0n) is 8.56. The highest BCUT2D eigenvalue weighted by atomic mass is 14.5. The Bertz CT molecular complexity index is 214. The van der Waals surface area contributed by atoms with Crippen molar-refractivity contribution < 1.29 is 0 Å². The molecule has 0 saturated heterocycles. The molecule has 0 amide bonds. The average Bonchev–Trinajstić information content (AvgIpc) is 2.30. The third-order valence-electron chi connectivity index (χ3n) is 4.51. The predicted molar refractivity (Wildman–Crippen MR) is 53.0 cm³/mol. The standard InChI is InChI=1S/C12H20/c1-9-5-4-8-12(3)10(2)6-7-11(9)12/h5,10-11H,4,6-8H2,1-3H3. The van der Waals surface area contributed by atoms with E-state index in [1.54, 1.807) is 5.57 Å². The summed E-state index contributed by atoms with van der Waals surface area (Å²) in [6.07, 6.45) is 8.11. The van der Waals surface area contributed by atoms with Crippen LogP contribution in [0.2, 0.25) is 0 Å². The number of hydrogen-bond donors (Lipinski definition) is 0. The van der Waals surface area contributed by atoms with Crippen LogP contribution in [0, 0.1) is 17.3 Å². The first kappa shape index (κ1) is 8.34. The summed E-state index contributed by atoms with van der Waals surface area (Å²) in [5.41, 5.74) is 2.33. The van der Waals surface area contributed by atoms with Crippen LogP contribution in [-0.2, 0) is 0 Å². The molecule has 0 aromatic carbocycles. The van der Waals surface area contributed by atoms with E-state index < -0.39 is 0 Å². The third kappa shape index (κ3) is 0.967. The second kappa shape index (κ2) is 2.61. The Morgan fingerprint density at radius 1 is 1.42 bits per heavy atom. The van der Waals surface area contributed by atoms with Gasteiger partial charge in [0, 0.05) is 0 Å². The molecular weight excluding hydrogens is 144 g/mol. The van der Waals surface area contributed by atoms with Gasteiger partial charge in [0.1, 0.15) is 0 Å². The Morgan fingerprint density at radius 3 is 2.83 bits per heavy atom. The van der Waals surface area contributed by atoms with Gasteiger partial charge in [-0.05, 0) is 49.9 Å². The van der Waals surface area contributed by atoms with Crippen LogP contribution < -0.4 is 0 Å². The Kier molecular flexibility index (Phi) is 1.82.